The molecular formula is C8H7BO4. The predicted octanol–water partition coefficient (Wildman–Crippen LogP) is 0.639. The molecule has 0 aromatic carbocycles. The summed E-state index contributed by atoms with van der Waals surface area (Å²) in [6, 6.07) is 3.24. The van der Waals surface area contributed by atoms with Crippen molar-refractivity contribution in [1.82, 2.24) is 0 Å². The van der Waals surface area contributed by atoms with E-state index in [0.29, 0.717) is 11.2 Å². The van der Waals surface area contributed by atoms with Crippen LogP contribution in [0.2, 0.25) is 0 Å². The molecule has 0 radical (unpaired) electrons. The number of rotatable bonds is 3. The molecule has 0 saturated carbocycles. The highest BCUT2D eigenvalue weighted by molar-refractivity contribution is 6.60. The van der Waals surface area contributed by atoms with Gasteiger partial charge in [0.1, 0.15) is 12.0 Å². The average Bonchev–Trinajstić information content (AvgIpc) is 2.74. The fourth-order valence-corrected chi connectivity index (χ4v) is 0.931. The summed E-state index contributed by atoms with van der Waals surface area (Å²) in [4.78, 5) is 0. The van der Waals surface area contributed by atoms with Gasteiger partial charge in [-0.2, -0.15) is 0 Å². The molecule has 0 aliphatic carbocycles. The van der Waals surface area contributed by atoms with Crippen molar-refractivity contribution >= 4 is 12.6 Å². The first-order valence-corrected chi connectivity index (χ1v) is 3.75. The molecule has 2 rings (SSSR count). The molecule has 0 fully saturated rings. The van der Waals surface area contributed by atoms with Gasteiger partial charge in [0.2, 0.25) is 0 Å². The first kappa shape index (κ1) is 8.00. The van der Waals surface area contributed by atoms with Crippen LogP contribution in [0.1, 0.15) is 0 Å². The van der Waals surface area contributed by atoms with Crippen LogP contribution >= 0.6 is 0 Å². The topological polar surface area (TPSA) is 55.7 Å². The molecule has 4 nitrogen and oxygen atoms in total. The van der Waals surface area contributed by atoms with Crippen LogP contribution in [-0.2, 0) is 0 Å². The Balaban J connectivity index is 2.04. The molecule has 0 atom stereocenters. The summed E-state index contributed by atoms with van der Waals surface area (Å²) in [7, 11) is -1.02. The van der Waals surface area contributed by atoms with Gasteiger partial charge in [-0.05, 0) is 6.07 Å². The molecule has 0 bridgehead atoms. The van der Waals surface area contributed by atoms with E-state index in [1.165, 1.54) is 25.1 Å². The predicted molar refractivity (Wildman–Crippen MR) is 45.7 cm³/mol. The second-order valence-electron chi connectivity index (χ2n) is 2.49. The zero-order chi connectivity index (χ0) is 9.10. The van der Waals surface area contributed by atoms with Crippen LogP contribution in [0.3, 0.4) is 0 Å². The maximum atomic E-state index is 9.46. The Labute approximate surface area is 74.9 Å². The zero-order valence-corrected chi connectivity index (χ0v) is 6.71. The molecule has 0 spiro atoms. The molecular weight excluding hydrogens is 171 g/mol. The van der Waals surface area contributed by atoms with E-state index in [4.69, 9.17) is 13.5 Å². The van der Waals surface area contributed by atoms with Crippen molar-refractivity contribution in [1.29, 1.82) is 0 Å². The highest BCUT2D eigenvalue weighted by atomic mass is 16.5. The molecule has 0 amide bonds. The van der Waals surface area contributed by atoms with E-state index in [9.17, 15) is 5.02 Å². The van der Waals surface area contributed by atoms with Crippen molar-refractivity contribution in [2.45, 2.75) is 0 Å². The van der Waals surface area contributed by atoms with Gasteiger partial charge in [0.05, 0.1) is 18.8 Å². The van der Waals surface area contributed by atoms with Gasteiger partial charge < -0.3 is 18.5 Å². The van der Waals surface area contributed by atoms with Gasteiger partial charge >= 0.3 is 7.12 Å². The summed E-state index contributed by atoms with van der Waals surface area (Å²) < 4.78 is 14.7. The van der Waals surface area contributed by atoms with E-state index in [0.717, 1.165) is 0 Å². The van der Waals surface area contributed by atoms with E-state index >= 15 is 0 Å². The summed E-state index contributed by atoms with van der Waals surface area (Å²) in [5.41, 5.74) is 0.571. The molecule has 2 heterocycles. The lowest BCUT2D eigenvalue weighted by Gasteiger charge is -2.03. The first-order chi connectivity index (χ1) is 6.36. The second kappa shape index (κ2) is 3.41. The van der Waals surface area contributed by atoms with Crippen LogP contribution in [0.25, 0.3) is 0 Å². The normalized spacial score (nSPS) is 9.92. The summed E-state index contributed by atoms with van der Waals surface area (Å²) >= 11 is 0. The lowest BCUT2D eigenvalue weighted by molar-refractivity contribution is 0.426. The average molecular weight is 178 g/mol. The molecule has 0 unspecified atom stereocenters. The minimum Gasteiger partial charge on any atom is -0.530 e. The zero-order valence-electron chi connectivity index (χ0n) is 6.71. The van der Waals surface area contributed by atoms with Gasteiger partial charge in [-0.1, -0.05) is 0 Å². The third-order valence-electron chi connectivity index (χ3n) is 1.57. The number of hydrogen-bond acceptors (Lipinski definition) is 4. The van der Waals surface area contributed by atoms with Gasteiger partial charge in [-0.15, -0.1) is 0 Å². The highest BCUT2D eigenvalue weighted by Crippen LogP contribution is 2.10. The molecule has 2 aromatic rings. The summed E-state index contributed by atoms with van der Waals surface area (Å²) in [5.74, 6) is 0.480. The van der Waals surface area contributed by atoms with Crippen LogP contribution < -0.4 is 10.1 Å². The Morgan fingerprint density at radius 2 is 1.92 bits per heavy atom. The van der Waals surface area contributed by atoms with Gasteiger partial charge in [-0.25, -0.2) is 0 Å². The van der Waals surface area contributed by atoms with Crippen molar-refractivity contribution in [2.24, 2.45) is 0 Å². The van der Waals surface area contributed by atoms with E-state index in [-0.39, 0.29) is 0 Å². The van der Waals surface area contributed by atoms with Crippen molar-refractivity contribution in [3.8, 4) is 5.75 Å². The molecule has 2 aromatic heterocycles. The van der Waals surface area contributed by atoms with Crippen LogP contribution in [0.15, 0.2) is 46.0 Å². The summed E-state index contributed by atoms with van der Waals surface area (Å²) in [6.07, 6.45) is 5.77. The van der Waals surface area contributed by atoms with Crippen LogP contribution in [0.5, 0.6) is 5.75 Å². The standard InChI is InChI=1S/C8H7BO4/c10-9(7-1-3-11-5-7)13-8-2-4-12-6-8/h1-6,10H. The van der Waals surface area contributed by atoms with Crippen LogP contribution in [0, 0.1) is 0 Å². The molecule has 66 valence electrons. The first-order valence-electron chi connectivity index (χ1n) is 3.75. The molecule has 1 N–H and O–H groups in total. The van der Waals surface area contributed by atoms with Crippen molar-refractivity contribution in [3.05, 3.63) is 37.2 Å². The number of furan rings is 2. The summed E-state index contributed by atoms with van der Waals surface area (Å²) in [5, 5.41) is 9.46. The molecule has 5 heteroatoms. The van der Waals surface area contributed by atoms with E-state index in [1.54, 1.807) is 12.1 Å². The van der Waals surface area contributed by atoms with Crippen molar-refractivity contribution in [3.63, 3.8) is 0 Å². The molecule has 13 heavy (non-hydrogen) atoms. The Hall–Kier alpha value is -1.62. The van der Waals surface area contributed by atoms with E-state index < -0.39 is 7.12 Å². The number of hydrogen-bond donors (Lipinski definition) is 1. The van der Waals surface area contributed by atoms with E-state index in [2.05, 4.69) is 0 Å². The van der Waals surface area contributed by atoms with Gasteiger partial charge in [0.15, 0.2) is 0 Å². The Kier molecular flexibility index (Phi) is 2.10. The molecule has 0 aliphatic rings. The van der Waals surface area contributed by atoms with Crippen molar-refractivity contribution < 1.29 is 18.5 Å². The van der Waals surface area contributed by atoms with Gasteiger partial charge in [-0.3, -0.25) is 0 Å². The Bertz CT molecular complexity index is 340. The molecule has 0 aliphatic heterocycles. The third kappa shape index (κ3) is 1.76. The quantitative estimate of drug-likeness (QED) is 0.700. The SMILES string of the molecule is OB(Oc1ccoc1)c1ccoc1. The van der Waals surface area contributed by atoms with Gasteiger partial charge in [0, 0.05) is 11.5 Å². The minimum absolute atomic E-state index is 0.480. The fourth-order valence-electron chi connectivity index (χ4n) is 0.931. The monoisotopic (exact) mass is 178 g/mol. The Morgan fingerprint density at radius 1 is 1.15 bits per heavy atom. The second-order valence-corrected chi connectivity index (χ2v) is 2.49. The van der Waals surface area contributed by atoms with E-state index in [1.807, 2.05) is 0 Å². The van der Waals surface area contributed by atoms with Crippen LogP contribution in [0.4, 0.5) is 0 Å². The Morgan fingerprint density at radius 3 is 2.54 bits per heavy atom. The highest BCUT2D eigenvalue weighted by Gasteiger charge is 2.20. The lowest BCUT2D eigenvalue weighted by Crippen LogP contribution is -2.35. The third-order valence-corrected chi connectivity index (χ3v) is 1.57. The largest absolute Gasteiger partial charge is 0.563 e. The minimum atomic E-state index is -1.02. The maximum Gasteiger partial charge on any atom is 0.563 e. The summed E-state index contributed by atoms with van der Waals surface area (Å²) in [6.45, 7) is 0. The maximum absolute atomic E-state index is 9.46. The fraction of sp³-hybridized carbons (Fsp3) is 0. The smallest absolute Gasteiger partial charge is 0.530 e. The van der Waals surface area contributed by atoms with Crippen molar-refractivity contribution in [2.75, 3.05) is 0 Å². The molecule has 0 saturated heterocycles. The lowest BCUT2D eigenvalue weighted by atomic mass is 9.82. The van der Waals surface area contributed by atoms with Gasteiger partial charge in [0.25, 0.3) is 0 Å². The van der Waals surface area contributed by atoms with Crippen LogP contribution in [-0.4, -0.2) is 12.1 Å².